The molecule has 3 aromatic rings. The zero-order chi connectivity index (χ0) is 20.4. The van der Waals surface area contributed by atoms with Gasteiger partial charge in [0.2, 0.25) is 0 Å². The van der Waals surface area contributed by atoms with Crippen LogP contribution in [-0.2, 0) is 6.54 Å². The Kier molecular flexibility index (Phi) is 4.18. The smallest absolute Gasteiger partial charge is 0.270 e. The van der Waals surface area contributed by atoms with Crippen molar-refractivity contribution < 1.29 is 9.18 Å². The normalized spacial score (nSPS) is 25.7. The van der Waals surface area contributed by atoms with Crippen LogP contribution in [0.5, 0.6) is 0 Å². The number of hydrogen-bond acceptors (Lipinski definition) is 2. The molecule has 2 bridgehead atoms. The molecule has 152 valence electrons. The highest BCUT2D eigenvalue weighted by atomic mass is 32.1. The first-order chi connectivity index (χ1) is 13.7. The van der Waals surface area contributed by atoms with Gasteiger partial charge in [0.15, 0.2) is 0 Å². The molecule has 2 atom stereocenters. The molecule has 1 aromatic carbocycles. The van der Waals surface area contributed by atoms with E-state index in [9.17, 15) is 9.18 Å². The van der Waals surface area contributed by atoms with Crippen molar-refractivity contribution in [3.8, 4) is 0 Å². The molecule has 3 heterocycles. The predicted octanol–water partition coefficient (Wildman–Crippen LogP) is 5.93. The third kappa shape index (κ3) is 3.20. The number of thiophene rings is 1. The van der Waals surface area contributed by atoms with Gasteiger partial charge in [-0.15, -0.1) is 11.3 Å². The molecule has 2 aromatic heterocycles. The van der Waals surface area contributed by atoms with Crippen LogP contribution in [0.1, 0.15) is 56.1 Å². The minimum absolute atomic E-state index is 0.0937. The van der Waals surface area contributed by atoms with Gasteiger partial charge in [-0.05, 0) is 53.7 Å². The summed E-state index contributed by atoms with van der Waals surface area (Å²) in [6, 6.07) is 11.2. The number of carbonyl (C=O) groups excluding carboxylic acids is 1. The molecule has 1 saturated carbocycles. The third-order valence-corrected chi connectivity index (χ3v) is 7.63. The van der Waals surface area contributed by atoms with E-state index < -0.39 is 0 Å². The van der Waals surface area contributed by atoms with Crippen LogP contribution < -0.4 is 0 Å². The van der Waals surface area contributed by atoms with E-state index in [1.807, 2.05) is 28.1 Å². The highest BCUT2D eigenvalue weighted by Gasteiger charge is 2.51. The van der Waals surface area contributed by atoms with Gasteiger partial charge in [-0.2, -0.15) is 0 Å². The number of hydrogen-bond donors (Lipinski definition) is 0. The summed E-state index contributed by atoms with van der Waals surface area (Å²) in [5.74, 6) is -0.133. The Morgan fingerprint density at radius 3 is 2.79 bits per heavy atom. The molecule has 2 aliphatic rings. The van der Waals surface area contributed by atoms with Gasteiger partial charge >= 0.3 is 0 Å². The number of amides is 1. The van der Waals surface area contributed by atoms with Gasteiger partial charge in [0.1, 0.15) is 16.3 Å². The molecule has 3 nitrogen and oxygen atoms in total. The van der Waals surface area contributed by atoms with E-state index in [-0.39, 0.29) is 22.6 Å². The second-order valence-corrected chi connectivity index (χ2v) is 10.9. The van der Waals surface area contributed by atoms with E-state index in [1.165, 1.54) is 6.07 Å². The summed E-state index contributed by atoms with van der Waals surface area (Å²) in [6.07, 6.45) is 3.30. The molecule has 5 heteroatoms. The van der Waals surface area contributed by atoms with Gasteiger partial charge < -0.3 is 9.47 Å². The molecule has 1 aliphatic heterocycles. The maximum atomic E-state index is 14.3. The Bertz CT molecular complexity index is 1100. The molecular formula is C24H27FN2OS. The molecule has 0 unspecified atom stereocenters. The largest absolute Gasteiger partial charge is 0.334 e. The van der Waals surface area contributed by atoms with E-state index in [0.717, 1.165) is 36.0 Å². The van der Waals surface area contributed by atoms with E-state index >= 15 is 0 Å². The van der Waals surface area contributed by atoms with Gasteiger partial charge in [0, 0.05) is 23.5 Å². The summed E-state index contributed by atoms with van der Waals surface area (Å²) in [7, 11) is 0. The van der Waals surface area contributed by atoms with Crippen molar-refractivity contribution in [2.24, 2.45) is 10.8 Å². The second kappa shape index (κ2) is 6.43. The number of halogens is 1. The molecule has 1 saturated heterocycles. The Labute approximate surface area is 175 Å². The fourth-order valence-electron chi connectivity index (χ4n) is 5.95. The average molecular weight is 411 g/mol. The maximum Gasteiger partial charge on any atom is 0.270 e. The Morgan fingerprint density at radius 2 is 2.00 bits per heavy atom. The fraction of sp³-hybridized carbons (Fsp3) is 0.458. The van der Waals surface area contributed by atoms with Crippen LogP contribution in [0, 0.1) is 16.6 Å². The lowest BCUT2D eigenvalue weighted by Gasteiger charge is -2.39. The van der Waals surface area contributed by atoms with Crippen molar-refractivity contribution in [1.82, 2.24) is 9.47 Å². The summed E-state index contributed by atoms with van der Waals surface area (Å²) < 4.78 is 16.4. The zero-order valence-corrected chi connectivity index (χ0v) is 18.1. The number of nitrogens with zero attached hydrogens (tertiary/aromatic N) is 2. The lowest BCUT2D eigenvalue weighted by atomic mass is 9.65. The number of benzene rings is 1. The number of rotatable bonds is 3. The molecule has 0 N–H and O–H groups in total. The maximum absolute atomic E-state index is 14.3. The van der Waals surface area contributed by atoms with E-state index in [0.29, 0.717) is 23.8 Å². The van der Waals surface area contributed by atoms with Crippen molar-refractivity contribution in [2.75, 3.05) is 6.54 Å². The summed E-state index contributed by atoms with van der Waals surface area (Å²) in [4.78, 5) is 16.9. The van der Waals surface area contributed by atoms with Crippen LogP contribution in [0.4, 0.5) is 4.39 Å². The Hall–Kier alpha value is -2.14. The average Bonchev–Trinajstić information content (AvgIpc) is 3.28. The number of aromatic nitrogens is 1. The minimum Gasteiger partial charge on any atom is -0.334 e. The van der Waals surface area contributed by atoms with Gasteiger partial charge in [-0.3, -0.25) is 4.79 Å². The van der Waals surface area contributed by atoms with Gasteiger partial charge in [-0.1, -0.05) is 39.0 Å². The highest BCUT2D eigenvalue weighted by molar-refractivity contribution is 7.16. The first-order valence-corrected chi connectivity index (χ1v) is 11.2. The molecular weight excluding hydrogens is 383 g/mol. The fourth-order valence-corrected chi connectivity index (χ4v) is 6.85. The van der Waals surface area contributed by atoms with Crippen LogP contribution >= 0.6 is 11.3 Å². The number of fused-ring (bicyclic) bond motifs is 3. The van der Waals surface area contributed by atoms with Crippen LogP contribution in [0.15, 0.2) is 41.8 Å². The first-order valence-electron chi connectivity index (χ1n) is 10.4. The van der Waals surface area contributed by atoms with Gasteiger partial charge in [-0.25, -0.2) is 4.39 Å². The third-order valence-electron chi connectivity index (χ3n) is 6.68. The molecule has 1 aliphatic carbocycles. The van der Waals surface area contributed by atoms with Crippen LogP contribution in [0.3, 0.4) is 0 Å². The Morgan fingerprint density at radius 1 is 1.21 bits per heavy atom. The van der Waals surface area contributed by atoms with Crippen molar-refractivity contribution >= 4 is 27.5 Å². The summed E-state index contributed by atoms with van der Waals surface area (Å²) in [6.45, 7) is 8.16. The standard InChI is InChI=1S/C24H27FN2OS/c1-23(2)11-18-12-24(3,14-23)15-27(18)21(28)20-10-16-8-9-29-22(16)26(20)13-17-6-4-5-7-19(17)25/h4-10,18H,11-15H2,1-3H3/t18-,24-/m1/s1. The van der Waals surface area contributed by atoms with E-state index in [2.05, 4.69) is 25.7 Å². The lowest BCUT2D eigenvalue weighted by molar-refractivity contribution is 0.0698. The van der Waals surface area contributed by atoms with Crippen LogP contribution in [-0.4, -0.2) is 28.0 Å². The quantitative estimate of drug-likeness (QED) is 0.525. The minimum atomic E-state index is -0.226. The molecule has 2 fully saturated rings. The van der Waals surface area contributed by atoms with Crippen LogP contribution in [0.2, 0.25) is 0 Å². The summed E-state index contributed by atoms with van der Waals surface area (Å²) >= 11 is 1.61. The SMILES string of the molecule is CC1(C)C[C@@H]2C[C@@](C)(CN2C(=O)c2cc3ccsc3n2Cc2ccccc2F)C1. The zero-order valence-electron chi connectivity index (χ0n) is 17.2. The summed E-state index contributed by atoms with van der Waals surface area (Å²) in [5.41, 5.74) is 1.76. The topological polar surface area (TPSA) is 25.2 Å². The van der Waals surface area contributed by atoms with Gasteiger partial charge in [0.05, 0.1) is 6.54 Å². The van der Waals surface area contributed by atoms with Crippen molar-refractivity contribution in [3.05, 3.63) is 58.9 Å². The van der Waals surface area contributed by atoms with E-state index in [4.69, 9.17) is 0 Å². The van der Waals surface area contributed by atoms with Crippen molar-refractivity contribution in [2.45, 2.75) is 52.6 Å². The number of likely N-dealkylation sites (tertiary alicyclic amines) is 1. The molecule has 1 amide bonds. The second-order valence-electron chi connectivity index (χ2n) is 10.0. The first kappa shape index (κ1) is 18.9. The monoisotopic (exact) mass is 410 g/mol. The predicted molar refractivity (Wildman–Crippen MR) is 116 cm³/mol. The van der Waals surface area contributed by atoms with E-state index in [1.54, 1.807) is 23.5 Å². The molecule has 5 rings (SSSR count). The molecule has 29 heavy (non-hydrogen) atoms. The molecule has 0 spiro atoms. The highest BCUT2D eigenvalue weighted by Crippen LogP contribution is 2.52. The van der Waals surface area contributed by atoms with Crippen LogP contribution in [0.25, 0.3) is 10.2 Å². The van der Waals surface area contributed by atoms with Crippen molar-refractivity contribution in [3.63, 3.8) is 0 Å². The van der Waals surface area contributed by atoms with Crippen molar-refractivity contribution in [1.29, 1.82) is 0 Å². The number of carbonyl (C=O) groups is 1. The summed E-state index contributed by atoms with van der Waals surface area (Å²) in [5, 5.41) is 3.09. The Balaban J connectivity index is 1.53. The lowest BCUT2D eigenvalue weighted by Crippen LogP contribution is -2.38. The van der Waals surface area contributed by atoms with Gasteiger partial charge in [0.25, 0.3) is 5.91 Å². The molecule has 0 radical (unpaired) electrons.